The molecule has 0 unspecified atom stereocenters. The van der Waals surface area contributed by atoms with Crippen LogP contribution in [0.1, 0.15) is 35.2 Å². The first-order valence-corrected chi connectivity index (χ1v) is 10.6. The maximum Gasteiger partial charge on any atom is 0.331 e. The van der Waals surface area contributed by atoms with E-state index in [0.717, 1.165) is 37.1 Å². The number of aliphatic carboxylic acids is 1. The molecule has 0 aromatic heterocycles. The zero-order chi connectivity index (χ0) is 22.8. The predicted octanol–water partition coefficient (Wildman–Crippen LogP) is 3.62. The first kappa shape index (κ1) is 21.5. The van der Waals surface area contributed by atoms with Crippen LogP contribution in [0.4, 0.5) is 5.69 Å². The molecule has 1 saturated heterocycles. The molecule has 0 saturated carbocycles. The van der Waals surface area contributed by atoms with Crippen LogP contribution in [0, 0.1) is 0 Å². The Morgan fingerprint density at radius 2 is 1.62 bits per heavy atom. The summed E-state index contributed by atoms with van der Waals surface area (Å²) in [6, 6.07) is 13.0. The standard InChI is InChI=1S/C25H25N3O4/c1-27(2)24(30)22-15-20(25(31)32)14-19-13-18(9-10-21(19)26-22)16-5-7-17(8-6-16)23(29)28-11-3-4-12-28/h5-10,13-14H,3-4,11-12,15H2,1-2H3,(H,31,32). The third-order valence-corrected chi connectivity index (χ3v) is 5.76. The Kier molecular flexibility index (Phi) is 5.90. The highest BCUT2D eigenvalue weighted by Gasteiger charge is 2.23. The molecule has 0 bridgehead atoms. The van der Waals surface area contributed by atoms with Gasteiger partial charge < -0.3 is 14.9 Å². The Morgan fingerprint density at radius 1 is 0.969 bits per heavy atom. The lowest BCUT2D eigenvalue weighted by Crippen LogP contribution is -2.30. The van der Waals surface area contributed by atoms with Gasteiger partial charge in [0.15, 0.2) is 0 Å². The summed E-state index contributed by atoms with van der Waals surface area (Å²) in [6.07, 6.45) is 3.64. The molecule has 1 N–H and O–H groups in total. The molecule has 0 aliphatic carbocycles. The first-order chi connectivity index (χ1) is 15.3. The van der Waals surface area contributed by atoms with Gasteiger partial charge in [0, 0.05) is 50.3 Å². The minimum atomic E-state index is -1.08. The lowest BCUT2D eigenvalue weighted by Gasteiger charge is -2.15. The van der Waals surface area contributed by atoms with Gasteiger partial charge in [-0.2, -0.15) is 0 Å². The van der Waals surface area contributed by atoms with E-state index in [0.29, 0.717) is 16.8 Å². The lowest BCUT2D eigenvalue weighted by molar-refractivity contribution is -0.132. The fourth-order valence-electron chi connectivity index (χ4n) is 3.98. The number of carboxylic acids is 1. The molecule has 7 nitrogen and oxygen atoms in total. The molecule has 2 amide bonds. The molecule has 32 heavy (non-hydrogen) atoms. The Bertz CT molecular complexity index is 1140. The molecule has 2 aliphatic rings. The zero-order valence-electron chi connectivity index (χ0n) is 18.2. The maximum atomic E-state index is 12.6. The fraction of sp³-hybridized carbons (Fsp3) is 0.280. The van der Waals surface area contributed by atoms with E-state index in [9.17, 15) is 19.5 Å². The van der Waals surface area contributed by atoms with Crippen molar-refractivity contribution in [2.75, 3.05) is 27.2 Å². The van der Waals surface area contributed by atoms with Crippen molar-refractivity contribution in [2.24, 2.45) is 4.99 Å². The van der Waals surface area contributed by atoms with Crippen LogP contribution in [0.25, 0.3) is 17.2 Å². The van der Waals surface area contributed by atoms with E-state index in [4.69, 9.17) is 0 Å². The normalized spacial score (nSPS) is 15.4. The summed E-state index contributed by atoms with van der Waals surface area (Å²) in [5.74, 6) is -1.34. The number of amides is 2. The van der Waals surface area contributed by atoms with Gasteiger partial charge in [-0.05, 0) is 54.3 Å². The van der Waals surface area contributed by atoms with E-state index in [2.05, 4.69) is 4.99 Å². The molecule has 0 atom stereocenters. The number of likely N-dealkylation sites (tertiary alicyclic amines) is 1. The molecule has 2 aromatic rings. The average Bonchev–Trinajstić information content (AvgIpc) is 3.25. The number of fused-ring (bicyclic) bond motifs is 1. The largest absolute Gasteiger partial charge is 0.478 e. The number of nitrogens with zero attached hydrogens (tertiary/aromatic N) is 3. The van der Waals surface area contributed by atoms with Crippen LogP contribution < -0.4 is 0 Å². The van der Waals surface area contributed by atoms with Crippen molar-refractivity contribution >= 4 is 35.3 Å². The molecule has 0 spiro atoms. The molecule has 7 heteroatoms. The monoisotopic (exact) mass is 431 g/mol. The molecule has 164 valence electrons. The van der Waals surface area contributed by atoms with Crippen molar-refractivity contribution in [3.05, 3.63) is 59.2 Å². The molecule has 1 fully saturated rings. The number of hydrogen-bond acceptors (Lipinski definition) is 4. The second-order valence-electron chi connectivity index (χ2n) is 8.26. The van der Waals surface area contributed by atoms with Gasteiger partial charge in [-0.3, -0.25) is 9.59 Å². The number of carbonyl (C=O) groups is 3. The van der Waals surface area contributed by atoms with E-state index < -0.39 is 5.97 Å². The highest BCUT2D eigenvalue weighted by atomic mass is 16.4. The van der Waals surface area contributed by atoms with Crippen molar-refractivity contribution < 1.29 is 19.5 Å². The number of hydrogen-bond donors (Lipinski definition) is 1. The van der Waals surface area contributed by atoms with E-state index >= 15 is 0 Å². The molecule has 4 rings (SSSR count). The quantitative estimate of drug-likeness (QED) is 0.801. The van der Waals surface area contributed by atoms with Gasteiger partial charge in [0.05, 0.1) is 5.69 Å². The first-order valence-electron chi connectivity index (χ1n) is 10.6. The summed E-state index contributed by atoms with van der Waals surface area (Å²) < 4.78 is 0. The smallest absolute Gasteiger partial charge is 0.331 e. The van der Waals surface area contributed by atoms with Crippen molar-refractivity contribution in [3.8, 4) is 11.1 Å². The summed E-state index contributed by atoms with van der Waals surface area (Å²) in [4.78, 5) is 44.5. The van der Waals surface area contributed by atoms with Gasteiger partial charge in [0.25, 0.3) is 11.8 Å². The van der Waals surface area contributed by atoms with Gasteiger partial charge in [0.2, 0.25) is 0 Å². The van der Waals surface area contributed by atoms with Gasteiger partial charge in [-0.1, -0.05) is 18.2 Å². The molecular weight excluding hydrogens is 406 g/mol. The topological polar surface area (TPSA) is 90.3 Å². The summed E-state index contributed by atoms with van der Waals surface area (Å²) >= 11 is 0. The number of rotatable bonds is 4. The number of carboxylic acid groups (broad SMARTS) is 1. The average molecular weight is 431 g/mol. The van der Waals surface area contributed by atoms with Crippen LogP contribution in [0.5, 0.6) is 0 Å². The Morgan fingerprint density at radius 3 is 2.25 bits per heavy atom. The van der Waals surface area contributed by atoms with Gasteiger partial charge in [0.1, 0.15) is 5.71 Å². The number of carbonyl (C=O) groups excluding carboxylic acids is 2. The molecular formula is C25H25N3O4. The Labute approximate surface area is 186 Å². The van der Waals surface area contributed by atoms with Crippen molar-refractivity contribution in [3.63, 3.8) is 0 Å². The highest BCUT2D eigenvalue weighted by molar-refractivity contribution is 6.40. The fourth-order valence-corrected chi connectivity index (χ4v) is 3.98. The third kappa shape index (κ3) is 4.32. The van der Waals surface area contributed by atoms with E-state index in [1.54, 1.807) is 26.2 Å². The summed E-state index contributed by atoms with van der Waals surface area (Å²) in [6.45, 7) is 1.62. The van der Waals surface area contributed by atoms with Crippen LogP contribution in [-0.2, 0) is 9.59 Å². The van der Waals surface area contributed by atoms with Crippen LogP contribution >= 0.6 is 0 Å². The van der Waals surface area contributed by atoms with Crippen LogP contribution in [0.2, 0.25) is 0 Å². The van der Waals surface area contributed by atoms with Crippen molar-refractivity contribution in [2.45, 2.75) is 19.3 Å². The van der Waals surface area contributed by atoms with E-state index in [1.807, 2.05) is 41.3 Å². The number of benzene rings is 2. The summed E-state index contributed by atoms with van der Waals surface area (Å²) in [5.41, 5.74) is 3.95. The van der Waals surface area contributed by atoms with Crippen LogP contribution in [0.15, 0.2) is 53.0 Å². The second-order valence-corrected chi connectivity index (χ2v) is 8.26. The van der Waals surface area contributed by atoms with Crippen molar-refractivity contribution in [1.29, 1.82) is 0 Å². The third-order valence-electron chi connectivity index (χ3n) is 5.76. The Hall–Kier alpha value is -3.74. The van der Waals surface area contributed by atoms with Crippen LogP contribution in [0.3, 0.4) is 0 Å². The minimum absolute atomic E-state index is 0.0380. The SMILES string of the molecule is CN(C)C(=O)C1=Nc2ccc(-c3ccc(C(=O)N4CCCC4)cc3)cc2C=C(C(=O)O)C1. The van der Waals surface area contributed by atoms with Crippen molar-refractivity contribution in [1.82, 2.24) is 9.80 Å². The second kappa shape index (κ2) is 8.78. The minimum Gasteiger partial charge on any atom is -0.478 e. The lowest BCUT2D eigenvalue weighted by atomic mass is 9.99. The maximum absolute atomic E-state index is 12.6. The van der Waals surface area contributed by atoms with Crippen LogP contribution in [-0.4, -0.2) is 65.6 Å². The van der Waals surface area contributed by atoms with E-state index in [-0.39, 0.29) is 29.5 Å². The van der Waals surface area contributed by atoms with E-state index in [1.165, 1.54) is 4.90 Å². The highest BCUT2D eigenvalue weighted by Crippen LogP contribution is 2.32. The van der Waals surface area contributed by atoms with Gasteiger partial charge >= 0.3 is 5.97 Å². The molecule has 2 heterocycles. The molecule has 2 aromatic carbocycles. The molecule has 2 aliphatic heterocycles. The van der Waals surface area contributed by atoms with Gasteiger partial charge in [-0.25, -0.2) is 9.79 Å². The molecule has 0 radical (unpaired) electrons. The summed E-state index contributed by atoms with van der Waals surface area (Å²) in [7, 11) is 3.23. The Balaban J connectivity index is 1.67. The van der Waals surface area contributed by atoms with Gasteiger partial charge in [-0.15, -0.1) is 0 Å². The predicted molar refractivity (Wildman–Crippen MR) is 123 cm³/mol. The zero-order valence-corrected chi connectivity index (χ0v) is 18.2. The summed E-state index contributed by atoms with van der Waals surface area (Å²) in [5, 5.41) is 9.60. The number of aliphatic imine (C=N–C) groups is 1.